The smallest absolute Gasteiger partial charge is 0.0334 e. The highest BCUT2D eigenvalue weighted by molar-refractivity contribution is 5.81. The molecule has 0 spiro atoms. The molecule has 0 atom stereocenters. The van der Waals surface area contributed by atoms with Crippen molar-refractivity contribution < 1.29 is 0 Å². The highest BCUT2D eigenvalue weighted by Crippen LogP contribution is 2.25. The first kappa shape index (κ1) is 14.1. The van der Waals surface area contributed by atoms with Gasteiger partial charge in [0.05, 0.1) is 0 Å². The summed E-state index contributed by atoms with van der Waals surface area (Å²) in [6, 6.07) is 6.68. The predicted molar refractivity (Wildman–Crippen MR) is 89.3 cm³/mol. The van der Waals surface area contributed by atoms with Crippen LogP contribution in [0, 0.1) is 6.92 Å². The van der Waals surface area contributed by atoms with Gasteiger partial charge in [-0.3, -0.25) is 0 Å². The van der Waals surface area contributed by atoms with Crippen LogP contribution in [0.25, 0.3) is 11.1 Å². The predicted octanol–water partition coefficient (Wildman–Crippen LogP) is 4.64. The van der Waals surface area contributed by atoms with E-state index in [0.29, 0.717) is 0 Å². The van der Waals surface area contributed by atoms with Gasteiger partial charge >= 0.3 is 0 Å². The second-order valence-corrected chi connectivity index (χ2v) is 4.85. The van der Waals surface area contributed by atoms with Crippen LogP contribution in [-0.4, -0.2) is 6.54 Å². The Bertz CT molecular complexity index is 613. The van der Waals surface area contributed by atoms with E-state index in [1.54, 1.807) is 0 Å². The molecule has 1 N–H and O–H groups in total. The van der Waals surface area contributed by atoms with Crippen LogP contribution in [0.3, 0.4) is 0 Å². The van der Waals surface area contributed by atoms with Crippen LogP contribution < -0.4 is 5.32 Å². The topological polar surface area (TPSA) is 12.0 Å². The normalized spacial score (nSPS) is 15.1. The highest BCUT2D eigenvalue weighted by atomic mass is 14.8. The molecule has 0 radical (unpaired) electrons. The molecule has 0 unspecified atom stereocenters. The molecule has 0 amide bonds. The lowest BCUT2D eigenvalue weighted by Crippen LogP contribution is -2.08. The third-order valence-corrected chi connectivity index (χ3v) is 3.21. The fourth-order valence-electron chi connectivity index (χ4n) is 2.34. The van der Waals surface area contributed by atoms with Crippen LogP contribution in [0.5, 0.6) is 0 Å². The third-order valence-electron chi connectivity index (χ3n) is 3.21. The first-order valence-corrected chi connectivity index (χ1v) is 6.92. The van der Waals surface area contributed by atoms with Crippen LogP contribution in [0.4, 0.5) is 0 Å². The second-order valence-electron chi connectivity index (χ2n) is 4.85. The summed E-state index contributed by atoms with van der Waals surface area (Å²) in [6.07, 6.45) is 14.4. The van der Waals surface area contributed by atoms with E-state index in [9.17, 15) is 0 Å². The van der Waals surface area contributed by atoms with Gasteiger partial charge in [-0.05, 0) is 60.0 Å². The maximum absolute atomic E-state index is 3.80. The number of rotatable bonds is 4. The standard InChI is InChI=1S/C19H21N/c1-4-6-16(7-5-2)18-12-15(3)13-19(14-18)17-8-10-20-11-9-17/h4-10,12-14,20H,1,11H2,2-3H3/b7-5-,16-6+. The van der Waals surface area contributed by atoms with Crippen LogP contribution in [-0.2, 0) is 0 Å². The zero-order valence-electron chi connectivity index (χ0n) is 12.2. The largest absolute Gasteiger partial charge is 0.387 e. The van der Waals surface area contributed by atoms with Gasteiger partial charge in [-0.2, -0.15) is 0 Å². The summed E-state index contributed by atoms with van der Waals surface area (Å²) >= 11 is 0. The Morgan fingerprint density at radius 1 is 1.30 bits per heavy atom. The van der Waals surface area contributed by atoms with Crippen molar-refractivity contribution in [3.63, 3.8) is 0 Å². The van der Waals surface area contributed by atoms with Gasteiger partial charge in [-0.25, -0.2) is 0 Å². The Labute approximate surface area is 121 Å². The molecule has 1 heteroatoms. The molecule has 1 heterocycles. The molecule has 2 rings (SSSR count). The average Bonchev–Trinajstić information content (AvgIpc) is 2.47. The van der Waals surface area contributed by atoms with Gasteiger partial charge in [-0.1, -0.05) is 49.1 Å². The minimum atomic E-state index is 0.888. The number of hydrogen-bond acceptors (Lipinski definition) is 1. The summed E-state index contributed by atoms with van der Waals surface area (Å²) in [4.78, 5) is 0. The lowest BCUT2D eigenvalue weighted by Gasteiger charge is -2.12. The fraction of sp³-hybridized carbons (Fsp3) is 0.158. The van der Waals surface area contributed by atoms with Crippen molar-refractivity contribution >= 4 is 11.1 Å². The zero-order chi connectivity index (χ0) is 14.4. The lowest BCUT2D eigenvalue weighted by atomic mass is 9.95. The molecular weight excluding hydrogens is 242 g/mol. The molecule has 0 aliphatic carbocycles. The number of allylic oxidation sites excluding steroid dienone is 7. The van der Waals surface area contributed by atoms with Crippen molar-refractivity contribution in [2.75, 3.05) is 6.54 Å². The van der Waals surface area contributed by atoms with Gasteiger partial charge in [0.25, 0.3) is 0 Å². The van der Waals surface area contributed by atoms with Crippen molar-refractivity contribution in [2.24, 2.45) is 0 Å². The first-order valence-electron chi connectivity index (χ1n) is 6.92. The molecule has 102 valence electrons. The quantitative estimate of drug-likeness (QED) is 0.780. The number of benzene rings is 1. The summed E-state index contributed by atoms with van der Waals surface area (Å²) in [7, 11) is 0. The van der Waals surface area contributed by atoms with Gasteiger partial charge in [0.2, 0.25) is 0 Å². The SMILES string of the molecule is C=C/C=C(\C=C/C)c1cc(C)cc(C2=CCNC=C2)c1. The maximum Gasteiger partial charge on any atom is 0.0334 e. The molecule has 1 aromatic carbocycles. The maximum atomic E-state index is 3.80. The number of aryl methyl sites for hydroxylation is 1. The Morgan fingerprint density at radius 2 is 2.15 bits per heavy atom. The molecule has 1 aliphatic rings. The zero-order valence-corrected chi connectivity index (χ0v) is 12.2. The van der Waals surface area contributed by atoms with Gasteiger partial charge < -0.3 is 5.32 Å². The van der Waals surface area contributed by atoms with E-state index in [4.69, 9.17) is 0 Å². The summed E-state index contributed by atoms with van der Waals surface area (Å²) in [5, 5.41) is 3.18. The van der Waals surface area contributed by atoms with Crippen LogP contribution in [0.15, 0.2) is 67.4 Å². The van der Waals surface area contributed by atoms with Crippen molar-refractivity contribution in [2.45, 2.75) is 13.8 Å². The van der Waals surface area contributed by atoms with Gasteiger partial charge in [0.15, 0.2) is 0 Å². The second kappa shape index (κ2) is 6.76. The van der Waals surface area contributed by atoms with Crippen molar-refractivity contribution in [1.82, 2.24) is 5.32 Å². The molecule has 1 aliphatic heterocycles. The van der Waals surface area contributed by atoms with Gasteiger partial charge in [0.1, 0.15) is 0 Å². The third kappa shape index (κ3) is 3.39. The average molecular weight is 263 g/mol. The summed E-state index contributed by atoms with van der Waals surface area (Å²) in [5.41, 5.74) is 6.21. The Balaban J connectivity index is 2.47. The van der Waals surface area contributed by atoms with Gasteiger partial charge in [0, 0.05) is 6.54 Å². The van der Waals surface area contributed by atoms with Crippen molar-refractivity contribution in [3.8, 4) is 0 Å². The monoisotopic (exact) mass is 263 g/mol. The van der Waals surface area contributed by atoms with E-state index >= 15 is 0 Å². The summed E-state index contributed by atoms with van der Waals surface area (Å²) in [5.74, 6) is 0. The van der Waals surface area contributed by atoms with E-state index in [2.05, 4.69) is 61.3 Å². The first-order chi connectivity index (χ1) is 9.74. The molecule has 0 bridgehead atoms. The minimum Gasteiger partial charge on any atom is -0.387 e. The van der Waals surface area contributed by atoms with Crippen molar-refractivity contribution in [1.29, 1.82) is 0 Å². The van der Waals surface area contributed by atoms with E-state index in [1.165, 1.54) is 27.8 Å². The minimum absolute atomic E-state index is 0.888. The van der Waals surface area contributed by atoms with Gasteiger partial charge in [-0.15, -0.1) is 0 Å². The molecule has 1 aromatic rings. The molecule has 0 saturated heterocycles. The number of nitrogens with one attached hydrogen (secondary N) is 1. The molecule has 0 saturated carbocycles. The molecule has 20 heavy (non-hydrogen) atoms. The number of dihydropyridines is 1. The molecule has 1 nitrogen and oxygen atoms in total. The van der Waals surface area contributed by atoms with E-state index < -0.39 is 0 Å². The van der Waals surface area contributed by atoms with Crippen LogP contribution >= 0.6 is 0 Å². The summed E-state index contributed by atoms with van der Waals surface area (Å²) in [6.45, 7) is 8.86. The van der Waals surface area contributed by atoms with Crippen molar-refractivity contribution in [3.05, 3.63) is 84.1 Å². The van der Waals surface area contributed by atoms with E-state index in [1.807, 2.05) is 25.3 Å². The number of hydrogen-bond donors (Lipinski definition) is 1. The summed E-state index contributed by atoms with van der Waals surface area (Å²) < 4.78 is 0. The highest BCUT2D eigenvalue weighted by Gasteiger charge is 2.05. The van der Waals surface area contributed by atoms with Crippen LogP contribution in [0.1, 0.15) is 23.6 Å². The van der Waals surface area contributed by atoms with Crippen LogP contribution in [0.2, 0.25) is 0 Å². The van der Waals surface area contributed by atoms with E-state index in [0.717, 1.165) is 6.54 Å². The molecular formula is C19H21N. The van der Waals surface area contributed by atoms with E-state index in [-0.39, 0.29) is 0 Å². The molecule has 0 aromatic heterocycles. The Hall–Kier alpha value is -2.28. The Morgan fingerprint density at radius 3 is 2.80 bits per heavy atom. The lowest BCUT2D eigenvalue weighted by molar-refractivity contribution is 0.975. The Kier molecular flexibility index (Phi) is 4.78. The molecule has 0 fully saturated rings. The fourth-order valence-corrected chi connectivity index (χ4v) is 2.34.